The summed E-state index contributed by atoms with van der Waals surface area (Å²) in [6.45, 7) is 0.378. The average Bonchev–Trinajstić information content (AvgIpc) is 3.38. The van der Waals surface area contributed by atoms with Crippen molar-refractivity contribution in [3.8, 4) is 0 Å². The molecule has 0 heterocycles. The van der Waals surface area contributed by atoms with Gasteiger partial charge in [-0.3, -0.25) is 4.79 Å². The maximum absolute atomic E-state index is 12.7. The smallest absolute Gasteiger partial charge is 0.352 e. The minimum Gasteiger partial charge on any atom is -0.352 e. The Morgan fingerprint density at radius 1 is 1.04 bits per heavy atom. The zero-order valence-electron chi connectivity index (χ0n) is 13.1. The van der Waals surface area contributed by atoms with E-state index in [1.54, 1.807) is 0 Å². The average molecular weight is 333 g/mol. The molecule has 0 bridgehead atoms. The SMILES string of the molecule is O=C(Cc1cccc(C(F)(F)F)c1)NCc1ccc(C2CC2)cc1. The summed E-state index contributed by atoms with van der Waals surface area (Å²) in [6.07, 6.45) is -1.97. The molecule has 1 fully saturated rings. The number of rotatable bonds is 5. The summed E-state index contributed by atoms with van der Waals surface area (Å²) in [5.41, 5.74) is 1.93. The van der Waals surface area contributed by atoms with Gasteiger partial charge in [-0.15, -0.1) is 0 Å². The molecule has 1 aliphatic rings. The van der Waals surface area contributed by atoms with Crippen molar-refractivity contribution in [2.75, 3.05) is 0 Å². The van der Waals surface area contributed by atoms with Crippen LogP contribution in [0.3, 0.4) is 0 Å². The molecule has 1 aliphatic carbocycles. The van der Waals surface area contributed by atoms with E-state index >= 15 is 0 Å². The van der Waals surface area contributed by atoms with Gasteiger partial charge in [0.2, 0.25) is 5.91 Å². The van der Waals surface area contributed by atoms with Crippen LogP contribution >= 0.6 is 0 Å². The van der Waals surface area contributed by atoms with E-state index in [9.17, 15) is 18.0 Å². The quantitative estimate of drug-likeness (QED) is 0.861. The van der Waals surface area contributed by atoms with Crippen molar-refractivity contribution in [3.05, 3.63) is 70.8 Å². The lowest BCUT2D eigenvalue weighted by Gasteiger charge is -2.09. The molecular formula is C19H18F3NO. The molecule has 0 aliphatic heterocycles. The number of benzene rings is 2. The highest BCUT2D eigenvalue weighted by Crippen LogP contribution is 2.39. The van der Waals surface area contributed by atoms with E-state index in [-0.39, 0.29) is 12.3 Å². The third kappa shape index (κ3) is 4.37. The van der Waals surface area contributed by atoms with Gasteiger partial charge in [-0.05, 0) is 41.5 Å². The van der Waals surface area contributed by atoms with Crippen molar-refractivity contribution in [3.63, 3.8) is 0 Å². The van der Waals surface area contributed by atoms with Crippen molar-refractivity contribution in [2.45, 2.75) is 37.9 Å². The summed E-state index contributed by atoms with van der Waals surface area (Å²) in [5, 5.41) is 2.75. The molecule has 24 heavy (non-hydrogen) atoms. The predicted molar refractivity (Wildman–Crippen MR) is 85.4 cm³/mol. The van der Waals surface area contributed by atoms with E-state index in [1.165, 1.54) is 30.5 Å². The van der Waals surface area contributed by atoms with Crippen LogP contribution in [0.1, 0.15) is 41.0 Å². The number of carbonyl (C=O) groups excluding carboxylic acids is 1. The monoisotopic (exact) mass is 333 g/mol. The number of carbonyl (C=O) groups is 1. The lowest BCUT2D eigenvalue weighted by atomic mass is 10.1. The fourth-order valence-corrected chi connectivity index (χ4v) is 2.63. The Bertz CT molecular complexity index is 718. The Balaban J connectivity index is 1.53. The van der Waals surface area contributed by atoms with Crippen LogP contribution in [-0.4, -0.2) is 5.91 Å². The van der Waals surface area contributed by atoms with Gasteiger partial charge in [0.1, 0.15) is 0 Å². The van der Waals surface area contributed by atoms with E-state index in [0.29, 0.717) is 18.0 Å². The first-order valence-electron chi connectivity index (χ1n) is 7.93. The molecule has 0 radical (unpaired) electrons. The normalized spacial score (nSPS) is 14.5. The van der Waals surface area contributed by atoms with Crippen LogP contribution in [0.2, 0.25) is 0 Å². The molecule has 1 amide bonds. The summed E-state index contributed by atoms with van der Waals surface area (Å²) < 4.78 is 38.0. The fourth-order valence-electron chi connectivity index (χ4n) is 2.63. The Hall–Kier alpha value is -2.30. The van der Waals surface area contributed by atoms with Gasteiger partial charge in [0.25, 0.3) is 0 Å². The first kappa shape index (κ1) is 16.6. The Morgan fingerprint density at radius 2 is 1.75 bits per heavy atom. The van der Waals surface area contributed by atoms with Crippen molar-refractivity contribution in [1.29, 1.82) is 0 Å². The minimum absolute atomic E-state index is 0.0654. The van der Waals surface area contributed by atoms with Crippen molar-refractivity contribution in [1.82, 2.24) is 5.32 Å². The lowest BCUT2D eigenvalue weighted by molar-refractivity contribution is -0.137. The Kier molecular flexibility index (Phi) is 4.60. The summed E-state index contributed by atoms with van der Waals surface area (Å²) in [4.78, 5) is 11.9. The van der Waals surface area contributed by atoms with Gasteiger partial charge in [0.05, 0.1) is 12.0 Å². The molecule has 2 aromatic rings. The second kappa shape index (κ2) is 6.67. The van der Waals surface area contributed by atoms with Gasteiger partial charge in [-0.2, -0.15) is 13.2 Å². The van der Waals surface area contributed by atoms with E-state index in [2.05, 4.69) is 17.4 Å². The Labute approximate surface area is 138 Å². The summed E-state index contributed by atoms with van der Waals surface area (Å²) in [7, 11) is 0. The number of halogens is 3. The van der Waals surface area contributed by atoms with Crippen LogP contribution in [0.25, 0.3) is 0 Å². The van der Waals surface area contributed by atoms with E-state index < -0.39 is 11.7 Å². The van der Waals surface area contributed by atoms with Crippen molar-refractivity contribution < 1.29 is 18.0 Å². The minimum atomic E-state index is -4.39. The first-order valence-corrected chi connectivity index (χ1v) is 7.93. The molecule has 2 nitrogen and oxygen atoms in total. The summed E-state index contributed by atoms with van der Waals surface area (Å²) in [6, 6.07) is 13.0. The zero-order valence-corrected chi connectivity index (χ0v) is 13.1. The van der Waals surface area contributed by atoms with Gasteiger partial charge >= 0.3 is 6.18 Å². The highest BCUT2D eigenvalue weighted by Gasteiger charge is 2.30. The number of alkyl halides is 3. The maximum atomic E-state index is 12.7. The molecule has 0 aromatic heterocycles. The van der Waals surface area contributed by atoms with Gasteiger partial charge in [-0.1, -0.05) is 42.5 Å². The summed E-state index contributed by atoms with van der Waals surface area (Å²) >= 11 is 0. The standard InChI is InChI=1S/C19H18F3NO/c20-19(21,22)17-3-1-2-14(10-17)11-18(24)23-12-13-4-6-15(7-5-13)16-8-9-16/h1-7,10,16H,8-9,11-12H2,(H,23,24). The molecule has 126 valence electrons. The molecule has 0 atom stereocenters. The molecule has 5 heteroatoms. The van der Waals surface area contributed by atoms with Crippen LogP contribution in [-0.2, 0) is 23.9 Å². The fraction of sp³-hybridized carbons (Fsp3) is 0.316. The van der Waals surface area contributed by atoms with Gasteiger partial charge < -0.3 is 5.32 Å². The van der Waals surface area contributed by atoms with Crippen LogP contribution in [0.15, 0.2) is 48.5 Å². The summed E-state index contributed by atoms with van der Waals surface area (Å²) in [5.74, 6) is 0.398. The van der Waals surface area contributed by atoms with Crippen LogP contribution < -0.4 is 5.32 Å². The van der Waals surface area contributed by atoms with Crippen LogP contribution in [0.5, 0.6) is 0 Å². The number of amides is 1. The second-order valence-electron chi connectivity index (χ2n) is 6.17. The lowest BCUT2D eigenvalue weighted by Crippen LogP contribution is -2.24. The molecule has 0 spiro atoms. The molecule has 3 rings (SSSR count). The highest BCUT2D eigenvalue weighted by atomic mass is 19.4. The third-order valence-corrected chi connectivity index (χ3v) is 4.14. The van der Waals surface area contributed by atoms with E-state index in [1.807, 2.05) is 12.1 Å². The topological polar surface area (TPSA) is 29.1 Å². The maximum Gasteiger partial charge on any atom is 0.416 e. The molecule has 1 N–H and O–H groups in total. The molecule has 0 saturated heterocycles. The molecule has 2 aromatic carbocycles. The first-order chi connectivity index (χ1) is 11.4. The number of hydrogen-bond donors (Lipinski definition) is 1. The van der Waals surface area contributed by atoms with Crippen LogP contribution in [0, 0.1) is 0 Å². The third-order valence-electron chi connectivity index (χ3n) is 4.14. The van der Waals surface area contributed by atoms with Gasteiger partial charge in [-0.25, -0.2) is 0 Å². The predicted octanol–water partition coefficient (Wildman–Crippen LogP) is 4.44. The molecule has 1 saturated carbocycles. The largest absolute Gasteiger partial charge is 0.416 e. The van der Waals surface area contributed by atoms with Gasteiger partial charge in [0.15, 0.2) is 0 Å². The van der Waals surface area contributed by atoms with Crippen molar-refractivity contribution >= 4 is 5.91 Å². The Morgan fingerprint density at radius 3 is 2.38 bits per heavy atom. The van der Waals surface area contributed by atoms with E-state index in [0.717, 1.165) is 17.7 Å². The molecule has 0 unspecified atom stereocenters. The number of nitrogens with one attached hydrogen (secondary N) is 1. The van der Waals surface area contributed by atoms with E-state index in [4.69, 9.17) is 0 Å². The molecular weight excluding hydrogens is 315 g/mol. The van der Waals surface area contributed by atoms with Crippen LogP contribution in [0.4, 0.5) is 13.2 Å². The highest BCUT2D eigenvalue weighted by molar-refractivity contribution is 5.78. The zero-order chi connectivity index (χ0) is 17.2. The number of hydrogen-bond acceptors (Lipinski definition) is 1. The second-order valence-corrected chi connectivity index (χ2v) is 6.17. The van der Waals surface area contributed by atoms with Gasteiger partial charge in [0, 0.05) is 6.54 Å². The van der Waals surface area contributed by atoms with Crippen molar-refractivity contribution in [2.24, 2.45) is 0 Å².